The summed E-state index contributed by atoms with van der Waals surface area (Å²) in [6.45, 7) is 3.61. The number of carbonyl (C=O) groups excluding carboxylic acids is 4. The van der Waals surface area contributed by atoms with Crippen molar-refractivity contribution < 1.29 is 28.8 Å². The monoisotopic (exact) mass is 752 g/mol. The van der Waals surface area contributed by atoms with Gasteiger partial charge in [0.15, 0.2) is 16.9 Å². The first-order chi connectivity index (χ1) is 25.5. The number of fused-ring (bicyclic) bond motifs is 1. The molecule has 2 atom stereocenters. The average Bonchev–Trinajstić information content (AvgIpc) is 3.65. The number of carbonyl (C=O) groups is 4. The van der Waals surface area contributed by atoms with E-state index >= 15 is 0 Å². The Balaban J connectivity index is 1.26. The largest absolute Gasteiger partial charge is 0.448 e. The number of nitrogens with zero attached hydrogens (tertiary/aromatic N) is 4. The lowest BCUT2D eigenvalue weighted by Crippen LogP contribution is -2.71. The molecule has 0 radical (unpaired) electrons. The predicted octanol–water partition coefficient (Wildman–Crippen LogP) is 5.40. The van der Waals surface area contributed by atoms with Crippen molar-refractivity contribution in [2.24, 2.45) is 5.16 Å². The number of hydrogen-bond acceptors (Lipinski definition) is 12. The van der Waals surface area contributed by atoms with Crippen LogP contribution in [0.2, 0.25) is 0 Å². The molecule has 4 heterocycles. The van der Waals surface area contributed by atoms with Crippen molar-refractivity contribution in [3.63, 3.8) is 0 Å². The molecule has 264 valence electrons. The third kappa shape index (κ3) is 8.50. The van der Waals surface area contributed by atoms with E-state index in [1.54, 1.807) is 12.4 Å². The fourth-order valence-corrected chi connectivity index (χ4v) is 8.27. The van der Waals surface area contributed by atoms with Crippen LogP contribution in [0.1, 0.15) is 28.5 Å². The summed E-state index contributed by atoms with van der Waals surface area (Å²) >= 11 is 4.00. The van der Waals surface area contributed by atoms with Gasteiger partial charge in [-0.3, -0.25) is 24.3 Å². The molecule has 6 rings (SSSR count). The molecule has 0 aliphatic carbocycles. The molecule has 4 aromatic rings. The van der Waals surface area contributed by atoms with E-state index < -0.39 is 35.3 Å². The molecule has 2 aliphatic heterocycles. The molecule has 52 heavy (non-hydrogen) atoms. The Morgan fingerprint density at radius 1 is 1.10 bits per heavy atom. The fraction of sp³-hybridized carbons (Fsp3) is 0.162. The number of β-lactam (4-membered cyclic amide) rings is 1. The molecule has 0 spiro atoms. The predicted molar refractivity (Wildman–Crippen MR) is 203 cm³/mol. The number of benzene rings is 2. The summed E-state index contributed by atoms with van der Waals surface area (Å²) in [5, 5.41) is 12.2. The standard InChI is InChI=1S/C37H32N6O6S3/c1-2-17-48-42-29(28-22-52-37(40-28)39-23-44)33(45)41-30-34(46)43-31(27(21-51-35(30)43)20-50-18-15-24-10-9-16-38-19-24)36(47)49-32(25-11-5-3-6-12-25)26-13-7-4-8-14-26/h2-16,18-19,22-23,30,32,35H,1,17,20-21H2,(H,41,45)(H,39,40,44)/b18-15-,42-29?/t30?,35-/m0/s1. The molecule has 0 saturated carbocycles. The summed E-state index contributed by atoms with van der Waals surface area (Å²) in [7, 11) is 0. The lowest BCUT2D eigenvalue weighted by atomic mass is 10.0. The normalized spacial score (nSPS) is 17.0. The van der Waals surface area contributed by atoms with E-state index in [9.17, 15) is 19.2 Å². The van der Waals surface area contributed by atoms with Crippen LogP contribution in [0.4, 0.5) is 5.13 Å². The minimum Gasteiger partial charge on any atom is -0.448 e. The molecule has 1 fully saturated rings. The number of ether oxygens (including phenoxy) is 1. The Morgan fingerprint density at radius 2 is 1.85 bits per heavy atom. The maximum atomic E-state index is 14.3. The highest BCUT2D eigenvalue weighted by Crippen LogP contribution is 2.42. The molecular formula is C37H32N6O6S3. The van der Waals surface area contributed by atoms with E-state index in [1.165, 1.54) is 39.9 Å². The van der Waals surface area contributed by atoms with Crippen molar-refractivity contribution in [1.82, 2.24) is 20.2 Å². The molecule has 2 aromatic carbocycles. The molecule has 2 aliphatic rings. The van der Waals surface area contributed by atoms with Crippen LogP contribution in [0.3, 0.4) is 0 Å². The van der Waals surface area contributed by atoms with Gasteiger partial charge in [-0.1, -0.05) is 84.5 Å². The third-order valence-corrected chi connectivity index (χ3v) is 10.7. The Labute approximate surface area is 312 Å². The first-order valence-electron chi connectivity index (χ1n) is 15.9. The molecule has 12 nitrogen and oxygen atoms in total. The second kappa shape index (κ2) is 17.6. The molecule has 15 heteroatoms. The Morgan fingerprint density at radius 3 is 2.52 bits per heavy atom. The maximum Gasteiger partial charge on any atom is 0.356 e. The number of pyridine rings is 1. The first kappa shape index (κ1) is 36.3. The minimum absolute atomic E-state index is 0.0242. The highest BCUT2D eigenvalue weighted by Gasteiger charge is 2.55. The molecule has 2 N–H and O–H groups in total. The van der Waals surface area contributed by atoms with Gasteiger partial charge in [0.1, 0.15) is 29.4 Å². The van der Waals surface area contributed by atoms with E-state index in [4.69, 9.17) is 9.57 Å². The molecule has 3 amide bonds. The summed E-state index contributed by atoms with van der Waals surface area (Å²) in [6.07, 6.45) is 6.58. The SMILES string of the molecule is C=CCON=C(C(=O)NC1C(=O)N2C(C(=O)OC(c3ccccc3)c3ccccc3)=C(CS/C=C\c3cccnc3)CS[C@@H]12)c1csc(NC=O)n1. The average molecular weight is 753 g/mol. The summed E-state index contributed by atoms with van der Waals surface area (Å²) in [4.78, 5) is 67.7. The van der Waals surface area contributed by atoms with Gasteiger partial charge in [0.2, 0.25) is 6.41 Å². The maximum absolute atomic E-state index is 14.3. The molecule has 0 bridgehead atoms. The number of aromatic nitrogens is 2. The zero-order valence-corrected chi connectivity index (χ0v) is 29.9. The van der Waals surface area contributed by atoms with Gasteiger partial charge >= 0.3 is 5.97 Å². The number of rotatable bonds is 16. The van der Waals surface area contributed by atoms with Crippen molar-refractivity contribution >= 4 is 76.0 Å². The minimum atomic E-state index is -0.977. The quantitative estimate of drug-likeness (QED) is 0.0289. The van der Waals surface area contributed by atoms with Crippen LogP contribution in [0.15, 0.2) is 125 Å². The Bertz CT molecular complexity index is 1970. The van der Waals surface area contributed by atoms with E-state index in [1.807, 2.05) is 84.3 Å². The number of amides is 3. The second-order valence-corrected chi connectivity index (χ2v) is 14.0. The topological polar surface area (TPSA) is 152 Å². The lowest BCUT2D eigenvalue weighted by Gasteiger charge is -2.49. The van der Waals surface area contributed by atoms with Gasteiger partial charge in [-0.05, 0) is 39.8 Å². The van der Waals surface area contributed by atoms with Crippen molar-refractivity contribution in [3.05, 3.63) is 142 Å². The van der Waals surface area contributed by atoms with Crippen LogP contribution in [0.25, 0.3) is 6.08 Å². The Kier molecular flexibility index (Phi) is 12.3. The van der Waals surface area contributed by atoms with Gasteiger partial charge in [-0.2, -0.15) is 0 Å². The van der Waals surface area contributed by atoms with Crippen LogP contribution in [0, 0.1) is 0 Å². The van der Waals surface area contributed by atoms with Gasteiger partial charge in [0.05, 0.1) is 0 Å². The number of anilines is 1. The summed E-state index contributed by atoms with van der Waals surface area (Å²) in [5.74, 6) is -1.01. The number of thioether (sulfide) groups is 2. The number of thiazole rings is 1. The van der Waals surface area contributed by atoms with Gasteiger partial charge in [0, 0.05) is 29.3 Å². The van der Waals surface area contributed by atoms with Crippen molar-refractivity contribution in [3.8, 4) is 0 Å². The second-order valence-electron chi connectivity index (χ2n) is 11.1. The number of oxime groups is 1. The molecular weight excluding hydrogens is 721 g/mol. The van der Waals surface area contributed by atoms with E-state index in [-0.39, 0.29) is 28.8 Å². The summed E-state index contributed by atoms with van der Waals surface area (Å²) in [6, 6.07) is 21.6. The van der Waals surface area contributed by atoms with Crippen LogP contribution >= 0.6 is 34.9 Å². The highest BCUT2D eigenvalue weighted by molar-refractivity contribution is 8.02. The smallest absolute Gasteiger partial charge is 0.356 e. The molecule has 1 unspecified atom stereocenters. The summed E-state index contributed by atoms with van der Waals surface area (Å²) < 4.78 is 6.25. The van der Waals surface area contributed by atoms with Crippen LogP contribution in [-0.2, 0) is 28.8 Å². The van der Waals surface area contributed by atoms with Crippen molar-refractivity contribution in [2.75, 3.05) is 23.4 Å². The van der Waals surface area contributed by atoms with Gasteiger partial charge in [0.25, 0.3) is 11.8 Å². The van der Waals surface area contributed by atoms with E-state index in [2.05, 4.69) is 32.3 Å². The molecule has 1 saturated heterocycles. The number of esters is 1. The van der Waals surface area contributed by atoms with Crippen LogP contribution in [-0.4, -0.2) is 74.3 Å². The van der Waals surface area contributed by atoms with Crippen molar-refractivity contribution in [1.29, 1.82) is 0 Å². The number of nitrogens with one attached hydrogen (secondary N) is 2. The van der Waals surface area contributed by atoms with E-state index in [0.717, 1.165) is 33.6 Å². The van der Waals surface area contributed by atoms with Gasteiger partial charge < -0.3 is 20.2 Å². The zero-order valence-electron chi connectivity index (χ0n) is 27.5. The fourth-order valence-electron chi connectivity index (χ4n) is 5.35. The number of hydrogen-bond donors (Lipinski definition) is 2. The van der Waals surface area contributed by atoms with Crippen molar-refractivity contribution in [2.45, 2.75) is 17.5 Å². The zero-order chi connectivity index (χ0) is 36.3. The first-order valence-corrected chi connectivity index (χ1v) is 18.9. The van der Waals surface area contributed by atoms with Crippen LogP contribution < -0.4 is 10.6 Å². The van der Waals surface area contributed by atoms with Crippen LogP contribution in [0.5, 0.6) is 0 Å². The Hall–Kier alpha value is -5.51. The molecule has 2 aromatic heterocycles. The lowest BCUT2D eigenvalue weighted by molar-refractivity contribution is -0.154. The highest BCUT2D eigenvalue weighted by atomic mass is 32.2. The van der Waals surface area contributed by atoms with Gasteiger partial charge in [-0.15, -0.1) is 34.9 Å². The van der Waals surface area contributed by atoms with E-state index in [0.29, 0.717) is 17.9 Å². The third-order valence-electron chi connectivity index (χ3n) is 7.75. The summed E-state index contributed by atoms with van der Waals surface area (Å²) in [5.41, 5.74) is 3.32. The van der Waals surface area contributed by atoms with Gasteiger partial charge in [-0.25, -0.2) is 9.78 Å².